The number of nitro groups is 1. The number of non-ortho nitro benzene ring substituents is 1. The Morgan fingerprint density at radius 2 is 1.95 bits per heavy atom. The fourth-order valence-electron chi connectivity index (χ4n) is 3.64. The topological polar surface area (TPSA) is 72.7 Å². The van der Waals surface area contributed by atoms with Crippen LogP contribution in [0.3, 0.4) is 0 Å². The number of carbonyl (C=O) groups excluding carboxylic acids is 1. The normalized spacial score (nSPS) is 27.6. The van der Waals surface area contributed by atoms with E-state index in [9.17, 15) is 14.9 Å². The number of benzene rings is 1. The summed E-state index contributed by atoms with van der Waals surface area (Å²) in [5, 5.41) is 10.6. The largest absolute Gasteiger partial charge is 0.460 e. The molecule has 0 amide bonds. The first kappa shape index (κ1) is 15.0. The minimum absolute atomic E-state index is 0.0192. The lowest BCUT2D eigenvalue weighted by Crippen LogP contribution is -2.46. The van der Waals surface area contributed by atoms with Crippen molar-refractivity contribution < 1.29 is 14.5 Å². The highest BCUT2D eigenvalue weighted by molar-refractivity contribution is 5.73. The summed E-state index contributed by atoms with van der Waals surface area (Å²) >= 11 is 0. The molecule has 0 N–H and O–H groups in total. The Hall–Kier alpha value is -1.95. The second kappa shape index (κ2) is 6.04. The van der Waals surface area contributed by atoms with Crippen LogP contribution in [0.5, 0.6) is 0 Å². The van der Waals surface area contributed by atoms with Gasteiger partial charge in [-0.25, -0.2) is 0 Å². The molecule has 0 unspecified atom stereocenters. The monoisotopic (exact) mass is 304 g/mol. The van der Waals surface area contributed by atoms with E-state index in [4.69, 9.17) is 4.74 Å². The minimum atomic E-state index is -0.448. The van der Waals surface area contributed by atoms with Crippen LogP contribution in [-0.2, 0) is 16.0 Å². The quantitative estimate of drug-likeness (QED) is 0.485. The van der Waals surface area contributed by atoms with Gasteiger partial charge in [-0.3, -0.25) is 19.8 Å². The number of rotatable bonds is 4. The van der Waals surface area contributed by atoms with Crippen LogP contribution < -0.4 is 0 Å². The molecule has 2 aliphatic heterocycles. The predicted molar refractivity (Wildman–Crippen MR) is 80.5 cm³/mol. The highest BCUT2D eigenvalue weighted by atomic mass is 16.6. The van der Waals surface area contributed by atoms with E-state index in [1.165, 1.54) is 18.6 Å². The highest BCUT2D eigenvalue weighted by Gasteiger charge is 2.41. The van der Waals surface area contributed by atoms with Crippen molar-refractivity contribution in [2.45, 2.75) is 50.3 Å². The van der Waals surface area contributed by atoms with Gasteiger partial charge in [-0.05, 0) is 38.3 Å². The maximum Gasteiger partial charge on any atom is 0.310 e. The lowest BCUT2D eigenvalue weighted by atomic mass is 10.0. The molecule has 0 aromatic heterocycles. The second-order valence-corrected chi connectivity index (χ2v) is 6.17. The predicted octanol–water partition coefficient (Wildman–Crippen LogP) is 2.31. The molecule has 2 bridgehead atoms. The van der Waals surface area contributed by atoms with Crippen molar-refractivity contribution in [2.75, 3.05) is 7.05 Å². The number of carbonyl (C=O) groups is 1. The SMILES string of the molecule is CN1[C@H]2CC[C@H](OC(=O)Cc3ccc([N+](=O)[O-])cc3)[C@@H]1CC2. The van der Waals surface area contributed by atoms with Gasteiger partial charge in [-0.15, -0.1) is 0 Å². The van der Waals surface area contributed by atoms with E-state index in [1.54, 1.807) is 12.1 Å². The Labute approximate surface area is 129 Å². The van der Waals surface area contributed by atoms with E-state index in [0.717, 1.165) is 24.8 Å². The van der Waals surface area contributed by atoms with E-state index < -0.39 is 4.92 Å². The van der Waals surface area contributed by atoms with Crippen LogP contribution in [0, 0.1) is 10.1 Å². The zero-order valence-corrected chi connectivity index (χ0v) is 12.6. The van der Waals surface area contributed by atoms with Crippen molar-refractivity contribution in [3.8, 4) is 0 Å². The number of esters is 1. The molecule has 6 nitrogen and oxygen atoms in total. The average Bonchev–Trinajstić information content (AvgIpc) is 2.72. The molecule has 2 aliphatic rings. The van der Waals surface area contributed by atoms with E-state index in [1.807, 2.05) is 0 Å². The van der Waals surface area contributed by atoms with Crippen molar-refractivity contribution in [2.24, 2.45) is 0 Å². The minimum Gasteiger partial charge on any atom is -0.460 e. The molecule has 2 fully saturated rings. The number of hydrogen-bond donors (Lipinski definition) is 0. The van der Waals surface area contributed by atoms with Crippen molar-refractivity contribution in [3.05, 3.63) is 39.9 Å². The van der Waals surface area contributed by atoms with Crippen molar-refractivity contribution in [1.82, 2.24) is 4.90 Å². The molecule has 3 atom stereocenters. The fourth-order valence-corrected chi connectivity index (χ4v) is 3.64. The van der Waals surface area contributed by atoms with Gasteiger partial charge < -0.3 is 4.74 Å². The first-order valence-electron chi connectivity index (χ1n) is 7.69. The van der Waals surface area contributed by atoms with Gasteiger partial charge >= 0.3 is 5.97 Å². The second-order valence-electron chi connectivity index (χ2n) is 6.17. The van der Waals surface area contributed by atoms with Crippen LogP contribution in [0.15, 0.2) is 24.3 Å². The third kappa shape index (κ3) is 2.97. The maximum absolute atomic E-state index is 12.1. The van der Waals surface area contributed by atoms with Gasteiger partial charge in [0.15, 0.2) is 0 Å². The summed E-state index contributed by atoms with van der Waals surface area (Å²) in [6.07, 6.45) is 4.45. The molecule has 6 heteroatoms. The maximum atomic E-state index is 12.1. The first-order valence-corrected chi connectivity index (χ1v) is 7.69. The number of piperidine rings is 1. The fraction of sp³-hybridized carbons (Fsp3) is 0.562. The molecule has 1 aromatic rings. The van der Waals surface area contributed by atoms with Gasteiger partial charge in [0.25, 0.3) is 5.69 Å². The smallest absolute Gasteiger partial charge is 0.310 e. The molecule has 22 heavy (non-hydrogen) atoms. The summed E-state index contributed by atoms with van der Waals surface area (Å²) in [6.45, 7) is 0. The molecule has 0 spiro atoms. The van der Waals surface area contributed by atoms with E-state index >= 15 is 0 Å². The number of hydrogen-bond acceptors (Lipinski definition) is 5. The van der Waals surface area contributed by atoms with Gasteiger partial charge in [-0.1, -0.05) is 12.1 Å². The average molecular weight is 304 g/mol. The van der Waals surface area contributed by atoms with Crippen molar-refractivity contribution in [3.63, 3.8) is 0 Å². The number of likely N-dealkylation sites (N-methyl/N-ethyl adjacent to an activating group) is 1. The van der Waals surface area contributed by atoms with E-state index in [2.05, 4.69) is 11.9 Å². The Kier molecular flexibility index (Phi) is 4.11. The zero-order valence-electron chi connectivity index (χ0n) is 12.6. The van der Waals surface area contributed by atoms with Crippen molar-refractivity contribution in [1.29, 1.82) is 0 Å². The molecule has 2 saturated heterocycles. The summed E-state index contributed by atoms with van der Waals surface area (Å²) in [4.78, 5) is 24.6. The number of fused-ring (bicyclic) bond motifs is 2. The van der Waals surface area contributed by atoms with Gasteiger partial charge in [0.05, 0.1) is 11.3 Å². The molecular weight excluding hydrogens is 284 g/mol. The lowest BCUT2D eigenvalue weighted by Gasteiger charge is -2.36. The van der Waals surface area contributed by atoms with Crippen LogP contribution in [0.2, 0.25) is 0 Å². The van der Waals surface area contributed by atoms with Gasteiger partial charge in [0, 0.05) is 24.2 Å². The van der Waals surface area contributed by atoms with Crippen LogP contribution in [0.4, 0.5) is 5.69 Å². The van der Waals surface area contributed by atoms with Crippen LogP contribution in [-0.4, -0.2) is 41.0 Å². The summed E-state index contributed by atoms with van der Waals surface area (Å²) in [5.74, 6) is -0.252. The number of nitro benzene ring substituents is 1. The molecule has 2 heterocycles. The van der Waals surface area contributed by atoms with Crippen LogP contribution in [0.1, 0.15) is 31.2 Å². The summed E-state index contributed by atoms with van der Waals surface area (Å²) < 4.78 is 5.66. The van der Waals surface area contributed by atoms with Crippen LogP contribution in [0.25, 0.3) is 0 Å². The van der Waals surface area contributed by atoms with Gasteiger partial charge in [-0.2, -0.15) is 0 Å². The molecule has 118 valence electrons. The molecular formula is C16H20N2O4. The Balaban J connectivity index is 1.57. The molecule has 0 saturated carbocycles. The third-order valence-electron chi connectivity index (χ3n) is 4.89. The summed E-state index contributed by atoms with van der Waals surface area (Å²) in [7, 11) is 2.11. The Bertz CT molecular complexity index is 572. The number of ether oxygens (including phenoxy) is 1. The standard InChI is InChI=1S/C16H20N2O4/c1-17-12-6-8-14(17)15(9-7-12)22-16(19)10-11-2-4-13(5-3-11)18(20)21/h2-5,12,14-15H,6-10H2,1H3/t12-,14+,15+/m1/s1. The zero-order chi connectivity index (χ0) is 15.7. The Morgan fingerprint density at radius 3 is 2.64 bits per heavy atom. The van der Waals surface area contributed by atoms with Gasteiger partial charge in [0.1, 0.15) is 6.10 Å². The van der Waals surface area contributed by atoms with Gasteiger partial charge in [0.2, 0.25) is 0 Å². The van der Waals surface area contributed by atoms with Crippen LogP contribution >= 0.6 is 0 Å². The molecule has 0 radical (unpaired) electrons. The third-order valence-corrected chi connectivity index (χ3v) is 4.89. The number of nitrogens with zero attached hydrogens (tertiary/aromatic N) is 2. The van der Waals surface area contributed by atoms with E-state index in [-0.39, 0.29) is 24.2 Å². The Morgan fingerprint density at radius 1 is 1.27 bits per heavy atom. The van der Waals surface area contributed by atoms with E-state index in [0.29, 0.717) is 12.1 Å². The lowest BCUT2D eigenvalue weighted by molar-refractivity contribution is -0.384. The summed E-state index contributed by atoms with van der Waals surface area (Å²) in [5.41, 5.74) is 0.770. The summed E-state index contributed by atoms with van der Waals surface area (Å²) in [6, 6.07) is 7.04. The molecule has 1 aromatic carbocycles. The van der Waals surface area contributed by atoms with Crippen molar-refractivity contribution >= 4 is 11.7 Å². The molecule has 0 aliphatic carbocycles. The molecule has 3 rings (SSSR count). The highest BCUT2D eigenvalue weighted by Crippen LogP contribution is 2.35. The first-order chi connectivity index (χ1) is 10.5.